The molecular formula is C13H20O4S2. The Morgan fingerprint density at radius 3 is 2.53 bits per heavy atom. The first-order chi connectivity index (χ1) is 8.88. The van der Waals surface area contributed by atoms with Crippen LogP contribution in [0, 0.1) is 0 Å². The average molecular weight is 304 g/mol. The maximum Gasteiger partial charge on any atom is 0.179 e. The number of methoxy groups -OCH3 is 1. The molecule has 0 spiro atoms. The first kappa shape index (κ1) is 16.2. The fraction of sp³-hybridized carbons (Fsp3) is 0.538. The predicted octanol–water partition coefficient (Wildman–Crippen LogP) is 2.15. The van der Waals surface area contributed by atoms with Gasteiger partial charge < -0.3 is 4.74 Å². The SMILES string of the molecule is CCCC[S@](=O)Cc1ccc(S(C)(=O)=O)c(OC)c1. The first-order valence-corrected chi connectivity index (χ1v) is 9.48. The monoisotopic (exact) mass is 304 g/mol. The Morgan fingerprint density at radius 1 is 1.32 bits per heavy atom. The lowest BCUT2D eigenvalue weighted by Gasteiger charge is -2.09. The molecular weight excluding hydrogens is 284 g/mol. The van der Waals surface area contributed by atoms with E-state index in [1.165, 1.54) is 13.2 Å². The zero-order valence-electron chi connectivity index (χ0n) is 11.5. The number of sulfone groups is 1. The molecule has 0 aliphatic heterocycles. The van der Waals surface area contributed by atoms with Crippen molar-refractivity contribution in [3.63, 3.8) is 0 Å². The Morgan fingerprint density at radius 2 is 2.00 bits per heavy atom. The molecule has 1 aromatic rings. The molecule has 0 heterocycles. The highest BCUT2D eigenvalue weighted by atomic mass is 32.2. The minimum atomic E-state index is -3.31. The van der Waals surface area contributed by atoms with Crippen molar-refractivity contribution in [1.29, 1.82) is 0 Å². The van der Waals surface area contributed by atoms with E-state index in [0.717, 1.165) is 24.7 Å². The molecule has 0 unspecified atom stereocenters. The van der Waals surface area contributed by atoms with Crippen molar-refractivity contribution < 1.29 is 17.4 Å². The normalized spacial score (nSPS) is 13.2. The zero-order chi connectivity index (χ0) is 14.5. The van der Waals surface area contributed by atoms with E-state index >= 15 is 0 Å². The van der Waals surface area contributed by atoms with E-state index in [1.807, 2.05) is 0 Å². The van der Waals surface area contributed by atoms with Crippen LogP contribution in [0.15, 0.2) is 23.1 Å². The summed E-state index contributed by atoms with van der Waals surface area (Å²) in [6.45, 7) is 2.06. The van der Waals surface area contributed by atoms with E-state index in [0.29, 0.717) is 17.3 Å². The number of ether oxygens (including phenoxy) is 1. The van der Waals surface area contributed by atoms with Crippen LogP contribution in [0.2, 0.25) is 0 Å². The van der Waals surface area contributed by atoms with Gasteiger partial charge in [0.25, 0.3) is 0 Å². The fourth-order valence-electron chi connectivity index (χ4n) is 1.67. The smallest absolute Gasteiger partial charge is 0.179 e. The standard InChI is InChI=1S/C13H20O4S2/c1-4-5-8-18(14)10-11-6-7-13(19(3,15)16)12(9-11)17-2/h6-7,9H,4-5,8,10H2,1-3H3/t18-/m0/s1. The summed E-state index contributed by atoms with van der Waals surface area (Å²) in [6.07, 6.45) is 3.09. The van der Waals surface area contributed by atoms with E-state index in [4.69, 9.17) is 4.74 Å². The summed E-state index contributed by atoms with van der Waals surface area (Å²) in [5, 5.41) is 0. The summed E-state index contributed by atoms with van der Waals surface area (Å²) in [5.41, 5.74) is 0.832. The maximum absolute atomic E-state index is 11.8. The van der Waals surface area contributed by atoms with E-state index in [2.05, 4.69) is 6.92 Å². The summed E-state index contributed by atoms with van der Waals surface area (Å²) in [4.78, 5) is 0.165. The quantitative estimate of drug-likeness (QED) is 0.774. The molecule has 0 aromatic heterocycles. The third kappa shape index (κ3) is 4.95. The van der Waals surface area contributed by atoms with Crippen LogP contribution in [-0.4, -0.2) is 31.7 Å². The van der Waals surface area contributed by atoms with Gasteiger partial charge in [0.2, 0.25) is 0 Å². The van der Waals surface area contributed by atoms with Gasteiger partial charge in [0, 0.05) is 28.6 Å². The molecule has 1 atom stereocenters. The lowest BCUT2D eigenvalue weighted by atomic mass is 10.2. The van der Waals surface area contributed by atoms with Gasteiger partial charge in [0.1, 0.15) is 10.6 Å². The molecule has 1 rings (SSSR count). The first-order valence-electron chi connectivity index (χ1n) is 6.10. The lowest BCUT2D eigenvalue weighted by molar-refractivity contribution is 0.402. The second kappa shape index (κ2) is 7.05. The summed E-state index contributed by atoms with van der Waals surface area (Å²) >= 11 is 0. The minimum Gasteiger partial charge on any atom is -0.495 e. The van der Waals surface area contributed by atoms with E-state index in [9.17, 15) is 12.6 Å². The Balaban J connectivity index is 2.92. The lowest BCUT2D eigenvalue weighted by Crippen LogP contribution is -2.04. The molecule has 108 valence electrons. The van der Waals surface area contributed by atoms with E-state index < -0.39 is 20.6 Å². The summed E-state index contributed by atoms with van der Waals surface area (Å²) in [6, 6.07) is 4.86. The van der Waals surface area contributed by atoms with Crippen LogP contribution in [-0.2, 0) is 26.4 Å². The molecule has 0 fully saturated rings. The topological polar surface area (TPSA) is 60.4 Å². The fourth-order valence-corrected chi connectivity index (χ4v) is 3.80. The maximum atomic E-state index is 11.8. The highest BCUT2D eigenvalue weighted by Gasteiger charge is 2.15. The zero-order valence-corrected chi connectivity index (χ0v) is 13.1. The number of benzene rings is 1. The molecule has 0 radical (unpaired) electrons. The molecule has 0 amide bonds. The average Bonchev–Trinajstić information content (AvgIpc) is 2.34. The van der Waals surface area contributed by atoms with Gasteiger partial charge in [-0.2, -0.15) is 0 Å². The van der Waals surface area contributed by atoms with Gasteiger partial charge in [-0.05, 0) is 24.1 Å². The second-order valence-corrected chi connectivity index (χ2v) is 7.96. The van der Waals surface area contributed by atoms with Crippen LogP contribution in [0.3, 0.4) is 0 Å². The van der Waals surface area contributed by atoms with Crippen LogP contribution >= 0.6 is 0 Å². The molecule has 0 saturated heterocycles. The molecule has 19 heavy (non-hydrogen) atoms. The summed E-state index contributed by atoms with van der Waals surface area (Å²) in [7, 11) is -2.79. The molecule has 6 heteroatoms. The summed E-state index contributed by atoms with van der Waals surface area (Å²) < 4.78 is 40.0. The third-order valence-electron chi connectivity index (χ3n) is 2.68. The van der Waals surface area contributed by atoms with Crippen LogP contribution < -0.4 is 4.74 Å². The highest BCUT2D eigenvalue weighted by Crippen LogP contribution is 2.25. The van der Waals surface area contributed by atoms with Crippen molar-refractivity contribution in [2.45, 2.75) is 30.4 Å². The van der Waals surface area contributed by atoms with Crippen molar-refractivity contribution >= 4 is 20.6 Å². The van der Waals surface area contributed by atoms with Gasteiger partial charge >= 0.3 is 0 Å². The molecule has 0 aliphatic rings. The van der Waals surface area contributed by atoms with Gasteiger partial charge in [-0.15, -0.1) is 0 Å². The number of unbranched alkanes of at least 4 members (excludes halogenated alkanes) is 1. The van der Waals surface area contributed by atoms with Crippen molar-refractivity contribution in [1.82, 2.24) is 0 Å². The number of rotatable bonds is 7. The third-order valence-corrected chi connectivity index (χ3v) is 5.22. The molecule has 0 saturated carbocycles. The summed E-state index contributed by atoms with van der Waals surface area (Å²) in [5.74, 6) is 1.42. The van der Waals surface area contributed by atoms with Crippen molar-refractivity contribution in [2.75, 3.05) is 19.1 Å². The van der Waals surface area contributed by atoms with Crippen molar-refractivity contribution in [3.8, 4) is 5.75 Å². The molecule has 0 N–H and O–H groups in total. The number of hydrogen-bond donors (Lipinski definition) is 0. The van der Waals surface area contributed by atoms with Crippen molar-refractivity contribution in [2.24, 2.45) is 0 Å². The van der Waals surface area contributed by atoms with Crippen LogP contribution in [0.25, 0.3) is 0 Å². The number of hydrogen-bond acceptors (Lipinski definition) is 4. The van der Waals surface area contributed by atoms with Gasteiger partial charge in [0.05, 0.1) is 7.11 Å². The van der Waals surface area contributed by atoms with Gasteiger partial charge in [-0.3, -0.25) is 4.21 Å². The Bertz CT molecular complexity index is 550. The molecule has 4 nitrogen and oxygen atoms in total. The van der Waals surface area contributed by atoms with Gasteiger partial charge in [-0.25, -0.2) is 8.42 Å². The minimum absolute atomic E-state index is 0.165. The highest BCUT2D eigenvalue weighted by molar-refractivity contribution is 7.90. The second-order valence-electron chi connectivity index (χ2n) is 4.40. The van der Waals surface area contributed by atoms with Crippen LogP contribution in [0.5, 0.6) is 5.75 Å². The van der Waals surface area contributed by atoms with Crippen molar-refractivity contribution in [3.05, 3.63) is 23.8 Å². The molecule has 1 aromatic carbocycles. The Hall–Kier alpha value is -0.880. The Labute approximate surface area is 117 Å². The molecule has 0 aliphatic carbocycles. The van der Waals surface area contributed by atoms with Gasteiger partial charge in [-0.1, -0.05) is 19.4 Å². The Kier molecular flexibility index (Phi) is 6.00. The largest absolute Gasteiger partial charge is 0.495 e. The predicted molar refractivity (Wildman–Crippen MR) is 77.7 cm³/mol. The van der Waals surface area contributed by atoms with E-state index in [1.54, 1.807) is 12.1 Å². The van der Waals surface area contributed by atoms with E-state index in [-0.39, 0.29) is 4.90 Å². The molecule has 0 bridgehead atoms. The van der Waals surface area contributed by atoms with Gasteiger partial charge in [0.15, 0.2) is 9.84 Å². The van der Waals surface area contributed by atoms with Crippen LogP contribution in [0.4, 0.5) is 0 Å². The van der Waals surface area contributed by atoms with Crippen LogP contribution in [0.1, 0.15) is 25.3 Å².